The van der Waals surface area contributed by atoms with E-state index in [0.717, 1.165) is 10.5 Å². The number of carbonyl (C=O) groups excluding carboxylic acids is 2. The number of benzene rings is 3. The molecule has 156 valence electrons. The van der Waals surface area contributed by atoms with Gasteiger partial charge in [-0.05, 0) is 48.0 Å². The molecule has 0 bridgehead atoms. The maximum absolute atomic E-state index is 13.5. The molecule has 0 saturated carbocycles. The number of hydrogen-bond donors (Lipinski definition) is 1. The van der Waals surface area contributed by atoms with E-state index in [0.29, 0.717) is 21.4 Å². The van der Waals surface area contributed by atoms with Crippen LogP contribution in [-0.4, -0.2) is 23.0 Å². The first-order chi connectivity index (χ1) is 14.9. The van der Waals surface area contributed by atoms with E-state index < -0.39 is 29.9 Å². The molecule has 6 nitrogen and oxygen atoms in total. The Morgan fingerprint density at radius 1 is 0.806 bits per heavy atom. The molecular formula is C23H16Cl2N2O4. The highest BCUT2D eigenvalue weighted by atomic mass is 35.5. The Morgan fingerprint density at radius 3 is 2.10 bits per heavy atom. The van der Waals surface area contributed by atoms with Crippen LogP contribution in [0.4, 0.5) is 11.4 Å². The summed E-state index contributed by atoms with van der Waals surface area (Å²) in [4.78, 5) is 33.9. The van der Waals surface area contributed by atoms with Crippen LogP contribution in [0.5, 0.6) is 5.75 Å². The van der Waals surface area contributed by atoms with E-state index in [-0.39, 0.29) is 5.75 Å². The van der Waals surface area contributed by atoms with Gasteiger partial charge in [-0.2, -0.15) is 0 Å². The highest BCUT2D eigenvalue weighted by molar-refractivity contribution is 6.35. The number of hydroxylamine groups is 1. The van der Waals surface area contributed by atoms with Crippen molar-refractivity contribution in [3.8, 4) is 5.75 Å². The first-order valence-corrected chi connectivity index (χ1v) is 10.3. The summed E-state index contributed by atoms with van der Waals surface area (Å²) in [6.45, 7) is 0. The normalized spacial score (nSPS) is 22.8. The third-order valence-corrected chi connectivity index (χ3v) is 5.90. The number of aromatic hydroxyl groups is 1. The number of para-hydroxylation sites is 1. The number of rotatable bonds is 3. The smallest absolute Gasteiger partial charge is 0.266 e. The summed E-state index contributed by atoms with van der Waals surface area (Å²) >= 11 is 12.2. The number of phenols is 1. The maximum Gasteiger partial charge on any atom is 0.266 e. The highest BCUT2D eigenvalue weighted by Gasteiger charge is 2.60. The second kappa shape index (κ2) is 7.57. The molecule has 31 heavy (non-hydrogen) atoms. The minimum absolute atomic E-state index is 0.106. The number of fused-ring (bicyclic) bond motifs is 1. The summed E-state index contributed by atoms with van der Waals surface area (Å²) in [6.07, 6.45) is -0.996. The Morgan fingerprint density at radius 2 is 1.45 bits per heavy atom. The molecule has 3 aromatic carbocycles. The van der Waals surface area contributed by atoms with Crippen LogP contribution in [0.3, 0.4) is 0 Å². The van der Waals surface area contributed by atoms with Gasteiger partial charge in [-0.25, -0.2) is 9.96 Å². The summed E-state index contributed by atoms with van der Waals surface area (Å²) in [5.41, 5.74) is 1.76. The summed E-state index contributed by atoms with van der Waals surface area (Å²) in [5.74, 6) is -1.55. The molecule has 0 aliphatic carbocycles. The van der Waals surface area contributed by atoms with Crippen molar-refractivity contribution in [3.63, 3.8) is 0 Å². The van der Waals surface area contributed by atoms with Gasteiger partial charge >= 0.3 is 0 Å². The Bertz CT molecular complexity index is 1150. The number of carbonyl (C=O) groups is 2. The topological polar surface area (TPSA) is 70.1 Å². The van der Waals surface area contributed by atoms with E-state index in [1.54, 1.807) is 29.3 Å². The van der Waals surface area contributed by atoms with Crippen molar-refractivity contribution in [2.75, 3.05) is 9.96 Å². The Kier molecular flexibility index (Phi) is 4.85. The zero-order valence-corrected chi connectivity index (χ0v) is 17.5. The molecule has 3 unspecified atom stereocenters. The molecule has 0 radical (unpaired) electrons. The maximum atomic E-state index is 13.5. The lowest BCUT2D eigenvalue weighted by Gasteiger charge is -2.28. The first kappa shape index (κ1) is 19.9. The van der Waals surface area contributed by atoms with Crippen molar-refractivity contribution in [2.45, 2.75) is 12.1 Å². The van der Waals surface area contributed by atoms with E-state index >= 15 is 0 Å². The number of halogens is 2. The van der Waals surface area contributed by atoms with Crippen LogP contribution in [0.2, 0.25) is 10.0 Å². The van der Waals surface area contributed by atoms with Gasteiger partial charge in [-0.3, -0.25) is 14.4 Å². The Balaban J connectivity index is 1.59. The van der Waals surface area contributed by atoms with Crippen molar-refractivity contribution < 1.29 is 19.5 Å². The van der Waals surface area contributed by atoms with Crippen molar-refractivity contribution >= 4 is 46.4 Å². The molecule has 1 N–H and O–H groups in total. The predicted octanol–water partition coefficient (Wildman–Crippen LogP) is 4.75. The molecule has 2 saturated heterocycles. The standard InChI is InChI=1S/C23H16Cl2N2O4/c24-14-10-15(25)12-17(11-14)26-22(29)19-20(13-6-8-18(28)9-7-13)27(31-21(19)23(26)30)16-4-2-1-3-5-16/h1-12,19-21,28H. The first-order valence-electron chi connectivity index (χ1n) is 9.58. The average molecular weight is 455 g/mol. The van der Waals surface area contributed by atoms with Crippen molar-refractivity contribution in [3.05, 3.63) is 88.4 Å². The molecule has 2 aliphatic heterocycles. The van der Waals surface area contributed by atoms with Crippen LogP contribution < -0.4 is 9.96 Å². The van der Waals surface area contributed by atoms with Crippen molar-refractivity contribution in [2.24, 2.45) is 5.92 Å². The molecule has 2 heterocycles. The van der Waals surface area contributed by atoms with Gasteiger partial charge in [0.1, 0.15) is 11.7 Å². The molecule has 0 spiro atoms. The molecule has 3 aromatic rings. The lowest BCUT2D eigenvalue weighted by atomic mass is 9.90. The van der Waals surface area contributed by atoms with Crippen LogP contribution in [0, 0.1) is 5.92 Å². The molecular weight excluding hydrogens is 439 g/mol. The number of anilines is 2. The van der Waals surface area contributed by atoms with E-state index in [9.17, 15) is 14.7 Å². The van der Waals surface area contributed by atoms with Gasteiger partial charge in [0.05, 0.1) is 17.4 Å². The molecule has 2 fully saturated rings. The largest absolute Gasteiger partial charge is 0.508 e. The lowest BCUT2D eigenvalue weighted by molar-refractivity contribution is -0.126. The zero-order chi connectivity index (χ0) is 21.7. The molecule has 5 rings (SSSR count). The van der Waals surface area contributed by atoms with E-state index in [1.807, 2.05) is 30.3 Å². The third kappa shape index (κ3) is 3.33. The van der Waals surface area contributed by atoms with Crippen LogP contribution in [0.15, 0.2) is 72.8 Å². The number of nitrogens with zero attached hydrogens (tertiary/aromatic N) is 2. The van der Waals surface area contributed by atoms with Gasteiger partial charge in [-0.1, -0.05) is 53.5 Å². The van der Waals surface area contributed by atoms with Crippen LogP contribution in [-0.2, 0) is 14.4 Å². The number of hydrogen-bond acceptors (Lipinski definition) is 5. The Hall–Kier alpha value is -3.06. The van der Waals surface area contributed by atoms with E-state index in [1.165, 1.54) is 18.2 Å². The van der Waals surface area contributed by atoms with E-state index in [2.05, 4.69) is 0 Å². The molecule has 2 amide bonds. The third-order valence-electron chi connectivity index (χ3n) is 5.47. The fourth-order valence-corrected chi connectivity index (χ4v) is 4.66. The molecule has 3 atom stereocenters. The minimum atomic E-state index is -0.996. The second-order valence-electron chi connectivity index (χ2n) is 7.39. The Labute approximate surface area is 188 Å². The SMILES string of the molecule is O=C1C2ON(c3ccccc3)C(c3ccc(O)cc3)C2C(=O)N1c1cc(Cl)cc(Cl)c1. The second-order valence-corrected chi connectivity index (χ2v) is 8.26. The van der Waals surface area contributed by atoms with Gasteiger partial charge < -0.3 is 5.11 Å². The van der Waals surface area contributed by atoms with Gasteiger partial charge in [0.2, 0.25) is 5.91 Å². The number of amides is 2. The number of imide groups is 1. The van der Waals surface area contributed by atoms with Crippen LogP contribution >= 0.6 is 23.2 Å². The summed E-state index contributed by atoms with van der Waals surface area (Å²) < 4.78 is 0. The predicted molar refractivity (Wildman–Crippen MR) is 117 cm³/mol. The lowest BCUT2D eigenvalue weighted by Crippen LogP contribution is -2.37. The average Bonchev–Trinajstić information content (AvgIpc) is 3.25. The monoisotopic (exact) mass is 454 g/mol. The summed E-state index contributed by atoms with van der Waals surface area (Å²) in [6, 6.07) is 19.8. The quantitative estimate of drug-likeness (QED) is 0.578. The molecule has 2 aliphatic rings. The van der Waals surface area contributed by atoms with E-state index in [4.69, 9.17) is 28.0 Å². The van der Waals surface area contributed by atoms with Gasteiger partial charge in [0.15, 0.2) is 6.10 Å². The highest BCUT2D eigenvalue weighted by Crippen LogP contribution is 2.48. The van der Waals surface area contributed by atoms with Crippen molar-refractivity contribution in [1.82, 2.24) is 0 Å². The van der Waals surface area contributed by atoms with Crippen LogP contribution in [0.25, 0.3) is 0 Å². The fourth-order valence-electron chi connectivity index (χ4n) is 4.15. The van der Waals surface area contributed by atoms with Gasteiger partial charge in [0.25, 0.3) is 5.91 Å². The van der Waals surface area contributed by atoms with Gasteiger partial charge in [0, 0.05) is 10.0 Å². The molecule has 8 heteroatoms. The minimum Gasteiger partial charge on any atom is -0.508 e. The van der Waals surface area contributed by atoms with Crippen LogP contribution in [0.1, 0.15) is 11.6 Å². The fraction of sp³-hybridized carbons (Fsp3) is 0.130. The summed E-state index contributed by atoms with van der Waals surface area (Å²) in [7, 11) is 0. The van der Waals surface area contributed by atoms with Gasteiger partial charge in [-0.15, -0.1) is 0 Å². The summed E-state index contributed by atoms with van der Waals surface area (Å²) in [5, 5.41) is 11.9. The molecule has 0 aromatic heterocycles. The number of phenolic OH excluding ortho intramolecular Hbond substituents is 1. The van der Waals surface area contributed by atoms with Crippen molar-refractivity contribution in [1.29, 1.82) is 0 Å². The zero-order valence-electron chi connectivity index (χ0n) is 16.0.